The molecule has 0 heterocycles. The molecule has 0 saturated carbocycles. The predicted octanol–water partition coefficient (Wildman–Crippen LogP) is 6.09. The van der Waals surface area contributed by atoms with Crippen molar-refractivity contribution >= 4 is 33.3 Å². The molecule has 4 aromatic carbocycles. The largest absolute Gasteiger partial charge is 0.311 e. The number of para-hydroxylation sites is 2. The first-order valence-corrected chi connectivity index (χ1v) is 12.0. The number of anilines is 3. The molecule has 0 saturated heterocycles. The Hall–Kier alpha value is -3.90. The lowest BCUT2D eigenvalue weighted by molar-refractivity contribution is 0.584. The number of benzene rings is 4. The maximum absolute atomic E-state index is 12.6. The third-order valence-corrected chi connectivity index (χ3v) is 6.56. The van der Waals surface area contributed by atoms with E-state index in [4.69, 9.17) is 0 Å². The first-order chi connectivity index (χ1) is 15.9. The van der Waals surface area contributed by atoms with E-state index < -0.39 is 10.0 Å². The molecule has 5 nitrogen and oxygen atoms in total. The van der Waals surface area contributed by atoms with Crippen LogP contribution in [0.5, 0.6) is 0 Å². The molecule has 0 aliphatic carbocycles. The molecule has 0 spiro atoms. The van der Waals surface area contributed by atoms with Crippen LogP contribution in [0, 0.1) is 13.8 Å². The lowest BCUT2D eigenvalue weighted by Crippen LogP contribution is -2.19. The van der Waals surface area contributed by atoms with Gasteiger partial charge in [-0.1, -0.05) is 60.7 Å². The van der Waals surface area contributed by atoms with Crippen LogP contribution in [0.3, 0.4) is 0 Å². The number of nitrogens with zero attached hydrogens (tertiary/aromatic N) is 2. The van der Waals surface area contributed by atoms with E-state index in [0.29, 0.717) is 5.56 Å². The minimum absolute atomic E-state index is 0.233. The highest BCUT2D eigenvalue weighted by Gasteiger charge is 2.16. The van der Waals surface area contributed by atoms with E-state index in [1.54, 1.807) is 19.1 Å². The van der Waals surface area contributed by atoms with Crippen LogP contribution in [0.2, 0.25) is 0 Å². The topological polar surface area (TPSA) is 61.8 Å². The predicted molar refractivity (Wildman–Crippen MR) is 135 cm³/mol. The second kappa shape index (κ2) is 9.71. The molecule has 0 bridgehead atoms. The van der Waals surface area contributed by atoms with Gasteiger partial charge in [-0.2, -0.15) is 13.5 Å². The van der Waals surface area contributed by atoms with Crippen LogP contribution in [-0.4, -0.2) is 14.6 Å². The van der Waals surface area contributed by atoms with Crippen molar-refractivity contribution in [2.75, 3.05) is 4.90 Å². The Morgan fingerprint density at radius 1 is 0.727 bits per heavy atom. The van der Waals surface area contributed by atoms with Crippen LogP contribution < -0.4 is 9.73 Å². The van der Waals surface area contributed by atoms with Gasteiger partial charge in [0, 0.05) is 17.1 Å². The summed E-state index contributed by atoms with van der Waals surface area (Å²) >= 11 is 0. The molecule has 4 rings (SSSR count). The van der Waals surface area contributed by atoms with Gasteiger partial charge in [-0.25, -0.2) is 4.83 Å². The summed E-state index contributed by atoms with van der Waals surface area (Å²) in [5.41, 5.74) is 5.42. The van der Waals surface area contributed by atoms with Crippen LogP contribution in [0.4, 0.5) is 17.1 Å². The van der Waals surface area contributed by atoms with Crippen molar-refractivity contribution in [3.63, 3.8) is 0 Å². The van der Waals surface area contributed by atoms with E-state index in [-0.39, 0.29) is 4.90 Å². The Morgan fingerprint density at radius 3 is 1.85 bits per heavy atom. The maximum atomic E-state index is 12.6. The summed E-state index contributed by atoms with van der Waals surface area (Å²) in [6, 6.07) is 33.4. The van der Waals surface area contributed by atoms with E-state index in [9.17, 15) is 8.42 Å². The third-order valence-electron chi connectivity index (χ3n) is 5.20. The standard InChI is InChI=1S/C27H25N3O2S/c1-21-13-14-22(2)27(19-21)33(31,32)29-28-20-23-15-17-26(18-16-23)30(24-9-5-3-6-10-24)25-11-7-4-8-12-25/h3-20,29H,1-2H3. The fourth-order valence-corrected chi connectivity index (χ4v) is 4.65. The number of aryl methyl sites for hydroxylation is 2. The van der Waals surface area contributed by atoms with Crippen LogP contribution in [0.25, 0.3) is 0 Å². The Labute approximate surface area is 195 Å². The zero-order valence-corrected chi connectivity index (χ0v) is 19.3. The van der Waals surface area contributed by atoms with Crippen molar-refractivity contribution in [3.05, 3.63) is 120 Å². The van der Waals surface area contributed by atoms with Crippen molar-refractivity contribution in [2.45, 2.75) is 18.7 Å². The van der Waals surface area contributed by atoms with Crippen LogP contribution >= 0.6 is 0 Å². The molecule has 6 heteroatoms. The van der Waals surface area contributed by atoms with Crippen LogP contribution in [0.1, 0.15) is 16.7 Å². The summed E-state index contributed by atoms with van der Waals surface area (Å²) < 4.78 is 25.2. The van der Waals surface area contributed by atoms with Gasteiger partial charge in [-0.3, -0.25) is 0 Å². The molecule has 166 valence electrons. The second-order valence-corrected chi connectivity index (χ2v) is 9.35. The molecule has 0 amide bonds. The number of hydrogen-bond donors (Lipinski definition) is 1. The van der Waals surface area contributed by atoms with Crippen LogP contribution in [0.15, 0.2) is 113 Å². The molecule has 4 aromatic rings. The summed E-state index contributed by atoms with van der Waals surface area (Å²) in [5.74, 6) is 0. The lowest BCUT2D eigenvalue weighted by Gasteiger charge is -2.25. The summed E-state index contributed by atoms with van der Waals surface area (Å²) in [6.45, 7) is 3.62. The average Bonchev–Trinajstić information content (AvgIpc) is 2.83. The molecular formula is C27H25N3O2S. The van der Waals surface area contributed by atoms with Crippen molar-refractivity contribution < 1.29 is 8.42 Å². The molecule has 0 radical (unpaired) electrons. The Kier molecular flexibility index (Phi) is 6.56. The smallest absolute Gasteiger partial charge is 0.276 e. The average molecular weight is 456 g/mol. The van der Waals surface area contributed by atoms with Crippen molar-refractivity contribution in [2.24, 2.45) is 5.10 Å². The highest BCUT2D eigenvalue weighted by Crippen LogP contribution is 2.33. The first-order valence-electron chi connectivity index (χ1n) is 10.6. The fourth-order valence-electron chi connectivity index (χ4n) is 3.53. The van der Waals surface area contributed by atoms with E-state index in [0.717, 1.165) is 28.2 Å². The van der Waals surface area contributed by atoms with Gasteiger partial charge in [0.25, 0.3) is 10.0 Å². The second-order valence-electron chi connectivity index (χ2n) is 7.72. The van der Waals surface area contributed by atoms with Crippen molar-refractivity contribution in [1.82, 2.24) is 4.83 Å². The molecule has 0 atom stereocenters. The number of nitrogens with one attached hydrogen (secondary N) is 1. The molecule has 0 aromatic heterocycles. The first kappa shape index (κ1) is 22.3. The normalized spacial score (nSPS) is 11.5. The molecule has 0 unspecified atom stereocenters. The zero-order valence-electron chi connectivity index (χ0n) is 18.5. The molecule has 0 fully saturated rings. The summed E-state index contributed by atoms with van der Waals surface area (Å²) in [7, 11) is -3.73. The van der Waals surface area contributed by atoms with Gasteiger partial charge in [-0.15, -0.1) is 0 Å². The summed E-state index contributed by atoms with van der Waals surface area (Å²) in [6.07, 6.45) is 1.50. The fraction of sp³-hybridized carbons (Fsp3) is 0.0741. The Bertz CT molecular complexity index is 1310. The minimum Gasteiger partial charge on any atom is -0.311 e. The molecule has 0 aliphatic heterocycles. The molecule has 33 heavy (non-hydrogen) atoms. The van der Waals surface area contributed by atoms with Crippen molar-refractivity contribution in [1.29, 1.82) is 0 Å². The lowest BCUT2D eigenvalue weighted by atomic mass is 10.1. The third kappa shape index (κ3) is 5.30. The van der Waals surface area contributed by atoms with Gasteiger partial charge < -0.3 is 4.90 Å². The van der Waals surface area contributed by atoms with E-state index in [1.807, 2.05) is 73.7 Å². The van der Waals surface area contributed by atoms with E-state index in [1.165, 1.54) is 6.21 Å². The van der Waals surface area contributed by atoms with Gasteiger partial charge in [-0.05, 0) is 73.0 Å². The Balaban J connectivity index is 1.55. The number of hydrogen-bond acceptors (Lipinski definition) is 4. The van der Waals surface area contributed by atoms with Gasteiger partial charge in [0.1, 0.15) is 0 Å². The van der Waals surface area contributed by atoms with Crippen molar-refractivity contribution in [3.8, 4) is 0 Å². The highest BCUT2D eigenvalue weighted by atomic mass is 32.2. The molecular weight excluding hydrogens is 430 g/mol. The highest BCUT2D eigenvalue weighted by molar-refractivity contribution is 7.89. The van der Waals surface area contributed by atoms with Gasteiger partial charge >= 0.3 is 0 Å². The Morgan fingerprint density at radius 2 is 1.27 bits per heavy atom. The minimum atomic E-state index is -3.73. The SMILES string of the molecule is Cc1ccc(C)c(S(=O)(=O)NN=Cc2ccc(N(c3ccccc3)c3ccccc3)cc2)c1. The number of sulfonamides is 1. The molecule has 1 N–H and O–H groups in total. The zero-order chi connectivity index (χ0) is 23.3. The van der Waals surface area contributed by atoms with Gasteiger partial charge in [0.15, 0.2) is 0 Å². The van der Waals surface area contributed by atoms with Gasteiger partial charge in [0.05, 0.1) is 11.1 Å². The number of hydrazone groups is 1. The van der Waals surface area contributed by atoms with E-state index in [2.05, 4.69) is 39.1 Å². The van der Waals surface area contributed by atoms with E-state index >= 15 is 0 Å². The molecule has 0 aliphatic rings. The van der Waals surface area contributed by atoms with Gasteiger partial charge in [0.2, 0.25) is 0 Å². The number of rotatable bonds is 7. The maximum Gasteiger partial charge on any atom is 0.276 e. The summed E-state index contributed by atoms with van der Waals surface area (Å²) in [4.78, 5) is 4.70. The summed E-state index contributed by atoms with van der Waals surface area (Å²) in [5, 5.41) is 3.97. The quantitative estimate of drug-likeness (QED) is 0.271. The van der Waals surface area contributed by atoms with Crippen LogP contribution in [-0.2, 0) is 10.0 Å². The monoisotopic (exact) mass is 455 g/mol.